The number of halogens is 4. The highest BCUT2D eigenvalue weighted by Crippen LogP contribution is 2.24. The number of carboxylic acid groups (broad SMARTS) is 1. The Balaban J connectivity index is 0.000000451. The molecule has 6 nitrogen and oxygen atoms in total. The van der Waals surface area contributed by atoms with Gasteiger partial charge in [-0.25, -0.2) is 4.79 Å². The van der Waals surface area contributed by atoms with Gasteiger partial charge in [0, 0.05) is 29.6 Å². The minimum Gasteiger partial charge on any atom is -0.475 e. The number of carbonyl (C=O) groups excluding carboxylic acids is 1. The van der Waals surface area contributed by atoms with Gasteiger partial charge >= 0.3 is 12.1 Å². The van der Waals surface area contributed by atoms with E-state index in [-0.39, 0.29) is 11.7 Å². The number of nitrogens with one attached hydrogen (secondary N) is 1. The zero-order valence-corrected chi connectivity index (χ0v) is 18.1. The van der Waals surface area contributed by atoms with E-state index >= 15 is 0 Å². The molecule has 0 spiro atoms. The summed E-state index contributed by atoms with van der Waals surface area (Å²) in [6.07, 6.45) is 1.16. The van der Waals surface area contributed by atoms with Crippen molar-refractivity contribution in [3.63, 3.8) is 0 Å². The van der Waals surface area contributed by atoms with E-state index in [1.165, 1.54) is 16.9 Å². The largest absolute Gasteiger partial charge is 0.490 e. The molecule has 1 aromatic carbocycles. The van der Waals surface area contributed by atoms with E-state index < -0.39 is 12.1 Å². The van der Waals surface area contributed by atoms with E-state index in [2.05, 4.69) is 6.08 Å². The number of amidine groups is 1. The monoisotopic (exact) mass is 485 g/mol. The Kier molecular flexibility index (Phi) is 8.62. The number of rotatable bonds is 4. The molecular formula is C21H19ClF3N3O3S. The Morgan fingerprint density at radius 2 is 1.94 bits per heavy atom. The van der Waals surface area contributed by atoms with Gasteiger partial charge in [-0.2, -0.15) is 13.2 Å². The molecule has 1 aromatic heterocycles. The van der Waals surface area contributed by atoms with Gasteiger partial charge in [0.25, 0.3) is 0 Å². The van der Waals surface area contributed by atoms with Gasteiger partial charge in [0.1, 0.15) is 5.84 Å². The molecule has 1 amide bonds. The standard InChI is InChI=1S/C19H18ClN3OS.C2HF3O2/c20-17-6-4-16(25-17)5-7-18(24)23-10-8-13(9-11-23)14-2-1-3-15(12-14)19(21)22;3-2(4,5)1(6)7/h1-8,12H,9-11H2,(H3,21,22);(H,6,7)/b7-5+;. The number of thiophene rings is 1. The van der Waals surface area contributed by atoms with Crippen LogP contribution in [-0.2, 0) is 9.59 Å². The van der Waals surface area contributed by atoms with Crippen LogP contribution in [0, 0.1) is 5.41 Å². The third kappa shape index (κ3) is 7.54. The maximum Gasteiger partial charge on any atom is 0.490 e. The zero-order chi connectivity index (χ0) is 23.9. The molecule has 2 heterocycles. The molecule has 0 saturated heterocycles. The fraction of sp³-hybridized carbons (Fsp3) is 0.190. The Morgan fingerprint density at radius 3 is 2.44 bits per heavy atom. The van der Waals surface area contributed by atoms with E-state index in [0.717, 1.165) is 22.4 Å². The van der Waals surface area contributed by atoms with E-state index in [1.807, 2.05) is 41.3 Å². The average Bonchev–Trinajstić information content (AvgIpc) is 3.17. The average molecular weight is 486 g/mol. The summed E-state index contributed by atoms with van der Waals surface area (Å²) in [7, 11) is 0. The van der Waals surface area contributed by atoms with Gasteiger partial charge in [0.05, 0.1) is 4.34 Å². The second-order valence-corrected chi connectivity index (χ2v) is 8.28. The lowest BCUT2D eigenvalue weighted by molar-refractivity contribution is -0.192. The first kappa shape index (κ1) is 25.2. The number of hydrogen-bond donors (Lipinski definition) is 3. The molecule has 32 heavy (non-hydrogen) atoms. The Bertz CT molecular complexity index is 1060. The summed E-state index contributed by atoms with van der Waals surface area (Å²) in [4.78, 5) is 24.0. The van der Waals surface area contributed by atoms with Gasteiger partial charge in [-0.15, -0.1) is 11.3 Å². The molecule has 0 unspecified atom stereocenters. The summed E-state index contributed by atoms with van der Waals surface area (Å²) in [6, 6.07) is 11.4. The van der Waals surface area contributed by atoms with Crippen molar-refractivity contribution in [2.24, 2.45) is 5.73 Å². The van der Waals surface area contributed by atoms with Gasteiger partial charge in [0.2, 0.25) is 5.91 Å². The molecule has 0 bridgehead atoms. The first-order valence-electron chi connectivity index (χ1n) is 9.13. The minimum absolute atomic E-state index is 0.00249. The number of benzene rings is 1. The molecule has 170 valence electrons. The van der Waals surface area contributed by atoms with Crippen molar-refractivity contribution in [1.82, 2.24) is 4.90 Å². The number of nitrogens with zero attached hydrogens (tertiary/aromatic N) is 1. The quantitative estimate of drug-likeness (QED) is 0.333. The van der Waals surface area contributed by atoms with Crippen molar-refractivity contribution < 1.29 is 27.9 Å². The molecular weight excluding hydrogens is 467 g/mol. The third-order valence-corrected chi connectivity index (χ3v) is 5.49. The highest BCUT2D eigenvalue weighted by atomic mass is 35.5. The van der Waals surface area contributed by atoms with Gasteiger partial charge in [-0.3, -0.25) is 10.2 Å². The van der Waals surface area contributed by atoms with Gasteiger partial charge < -0.3 is 15.7 Å². The fourth-order valence-electron chi connectivity index (χ4n) is 2.69. The smallest absolute Gasteiger partial charge is 0.475 e. The first-order valence-corrected chi connectivity index (χ1v) is 10.3. The summed E-state index contributed by atoms with van der Waals surface area (Å²) in [5.74, 6) is -2.70. The lowest BCUT2D eigenvalue weighted by atomic mass is 9.97. The van der Waals surface area contributed by atoms with Crippen molar-refractivity contribution in [1.29, 1.82) is 5.41 Å². The number of aliphatic carboxylic acids is 1. The second-order valence-electron chi connectivity index (χ2n) is 6.54. The minimum atomic E-state index is -5.08. The number of alkyl halides is 3. The van der Waals surface area contributed by atoms with Crippen molar-refractivity contribution in [3.8, 4) is 0 Å². The molecule has 0 fully saturated rings. The lowest BCUT2D eigenvalue weighted by Crippen LogP contribution is -2.33. The van der Waals surface area contributed by atoms with Crippen LogP contribution < -0.4 is 5.73 Å². The molecule has 2 aromatic rings. The van der Waals surface area contributed by atoms with Crippen molar-refractivity contribution in [3.05, 3.63) is 68.9 Å². The van der Waals surface area contributed by atoms with E-state index in [4.69, 9.17) is 32.6 Å². The Labute approximate surface area is 190 Å². The highest BCUT2D eigenvalue weighted by molar-refractivity contribution is 7.17. The Morgan fingerprint density at radius 1 is 1.25 bits per heavy atom. The Hall–Kier alpha value is -3.11. The summed E-state index contributed by atoms with van der Waals surface area (Å²) < 4.78 is 32.4. The van der Waals surface area contributed by atoms with Crippen LogP contribution in [0.25, 0.3) is 11.6 Å². The van der Waals surface area contributed by atoms with Crippen molar-refractivity contribution in [2.45, 2.75) is 12.6 Å². The normalized spacial score (nSPS) is 13.9. The molecule has 11 heteroatoms. The molecule has 4 N–H and O–H groups in total. The van der Waals surface area contributed by atoms with Crippen LogP contribution in [0.1, 0.15) is 22.4 Å². The van der Waals surface area contributed by atoms with Gasteiger partial charge in [-0.05, 0) is 41.8 Å². The van der Waals surface area contributed by atoms with Crippen molar-refractivity contribution >= 4 is 52.3 Å². The predicted octanol–water partition coefficient (Wildman–Crippen LogP) is 4.65. The van der Waals surface area contributed by atoms with Crippen LogP contribution in [-0.4, -0.2) is 47.0 Å². The number of nitrogen functional groups attached to an aromatic ring is 1. The van der Waals surface area contributed by atoms with E-state index in [0.29, 0.717) is 17.4 Å². The summed E-state index contributed by atoms with van der Waals surface area (Å²) in [6.45, 7) is 1.25. The topological polar surface area (TPSA) is 107 Å². The molecule has 1 aliphatic rings. The SMILES string of the molecule is N=C(N)c1cccc(C2=CCN(C(=O)/C=C/c3ccc(Cl)s3)CC2)c1.O=C(O)C(F)(F)F. The number of amides is 1. The molecule has 0 aliphatic carbocycles. The van der Waals surface area contributed by atoms with Crippen LogP contribution in [0.15, 0.2) is 48.6 Å². The van der Waals surface area contributed by atoms with E-state index in [9.17, 15) is 18.0 Å². The molecule has 0 atom stereocenters. The second kappa shape index (κ2) is 11.0. The summed E-state index contributed by atoms with van der Waals surface area (Å²) >= 11 is 7.34. The summed E-state index contributed by atoms with van der Waals surface area (Å²) in [5, 5.41) is 14.7. The number of hydrogen-bond acceptors (Lipinski definition) is 4. The number of carbonyl (C=O) groups is 2. The molecule has 0 radical (unpaired) electrons. The van der Waals surface area contributed by atoms with Crippen LogP contribution in [0.2, 0.25) is 4.34 Å². The summed E-state index contributed by atoms with van der Waals surface area (Å²) in [5.41, 5.74) is 8.51. The fourth-order valence-corrected chi connectivity index (χ4v) is 3.66. The van der Waals surface area contributed by atoms with Crippen LogP contribution in [0.5, 0.6) is 0 Å². The lowest BCUT2D eigenvalue weighted by Gasteiger charge is -2.25. The molecule has 1 aliphatic heterocycles. The van der Waals surface area contributed by atoms with Crippen molar-refractivity contribution in [2.75, 3.05) is 13.1 Å². The van der Waals surface area contributed by atoms with Gasteiger partial charge in [-0.1, -0.05) is 35.9 Å². The van der Waals surface area contributed by atoms with Crippen LogP contribution in [0.4, 0.5) is 13.2 Å². The maximum absolute atomic E-state index is 12.3. The number of carboxylic acids is 1. The van der Waals surface area contributed by atoms with Crippen LogP contribution in [0.3, 0.4) is 0 Å². The predicted molar refractivity (Wildman–Crippen MR) is 119 cm³/mol. The van der Waals surface area contributed by atoms with Gasteiger partial charge in [0.15, 0.2) is 0 Å². The molecule has 0 saturated carbocycles. The first-order chi connectivity index (χ1) is 15.0. The highest BCUT2D eigenvalue weighted by Gasteiger charge is 2.38. The zero-order valence-electron chi connectivity index (χ0n) is 16.5. The maximum atomic E-state index is 12.3. The van der Waals surface area contributed by atoms with Crippen LogP contribution >= 0.6 is 22.9 Å². The van der Waals surface area contributed by atoms with E-state index in [1.54, 1.807) is 12.2 Å². The third-order valence-electron chi connectivity index (χ3n) is 4.29. The molecule has 3 rings (SSSR count). The number of nitrogens with two attached hydrogens (primary N) is 1.